The molecule has 0 fully saturated rings. The third-order valence-corrected chi connectivity index (χ3v) is 4.39. The van der Waals surface area contributed by atoms with Crippen molar-refractivity contribution in [2.45, 2.75) is 11.4 Å². The first kappa shape index (κ1) is 15.4. The highest BCUT2D eigenvalue weighted by Gasteiger charge is 2.11. The van der Waals surface area contributed by atoms with Gasteiger partial charge in [0.2, 0.25) is 0 Å². The van der Waals surface area contributed by atoms with E-state index in [1.165, 1.54) is 12.1 Å². The summed E-state index contributed by atoms with van der Waals surface area (Å²) < 4.78 is 26.8. The number of nitrogens with zero attached hydrogens (tertiary/aromatic N) is 3. The smallest absolute Gasteiger partial charge is 0.264 e. The second kappa shape index (κ2) is 6.62. The summed E-state index contributed by atoms with van der Waals surface area (Å²) in [6.07, 6.45) is 0. The zero-order valence-electron chi connectivity index (χ0n) is 10.8. The van der Waals surface area contributed by atoms with Gasteiger partial charge in [-0.3, -0.25) is 0 Å². The molecule has 21 heavy (non-hydrogen) atoms. The van der Waals surface area contributed by atoms with Crippen LogP contribution in [0.1, 0.15) is 5.56 Å². The average Bonchev–Trinajstić information content (AvgIpc) is 2.47. The Balaban J connectivity index is 2.06. The van der Waals surface area contributed by atoms with Crippen LogP contribution < -0.4 is 5.32 Å². The maximum atomic E-state index is 11.5. The molecule has 0 saturated heterocycles. The Labute approximate surface area is 130 Å². The van der Waals surface area contributed by atoms with Gasteiger partial charge in [0, 0.05) is 26.1 Å². The highest BCUT2D eigenvalue weighted by atomic mass is 79.9. The molecule has 0 atom stereocenters. The Bertz CT molecular complexity index is 767. The number of rotatable bonds is 5. The largest absolute Gasteiger partial charge is 0.381 e. The Morgan fingerprint density at radius 2 is 1.71 bits per heavy atom. The highest BCUT2D eigenvalue weighted by Crippen LogP contribution is 2.17. The maximum absolute atomic E-state index is 11.5. The molecule has 0 aliphatic heterocycles. The van der Waals surface area contributed by atoms with Crippen LogP contribution in [-0.2, 0) is 16.6 Å². The molecule has 2 aromatic rings. The Morgan fingerprint density at radius 3 is 2.29 bits per heavy atom. The third-order valence-electron chi connectivity index (χ3n) is 2.71. The van der Waals surface area contributed by atoms with Gasteiger partial charge in [-0.15, -0.1) is 0 Å². The van der Waals surface area contributed by atoms with Crippen molar-refractivity contribution < 1.29 is 8.42 Å². The Hall–Kier alpha value is -2.02. The van der Waals surface area contributed by atoms with Crippen molar-refractivity contribution in [3.05, 3.63) is 69.0 Å². The first-order valence-electron chi connectivity index (χ1n) is 5.91. The van der Waals surface area contributed by atoms with E-state index in [9.17, 15) is 8.42 Å². The van der Waals surface area contributed by atoms with Gasteiger partial charge >= 0.3 is 0 Å². The van der Waals surface area contributed by atoms with Crippen molar-refractivity contribution in [1.82, 2.24) is 0 Å². The quantitative estimate of drug-likeness (QED) is 0.490. The van der Waals surface area contributed by atoms with Crippen molar-refractivity contribution in [1.29, 1.82) is 0 Å². The number of azide groups is 1. The summed E-state index contributed by atoms with van der Waals surface area (Å²) in [4.78, 5) is 2.27. The van der Waals surface area contributed by atoms with Crippen LogP contribution in [0.5, 0.6) is 0 Å². The average molecular weight is 367 g/mol. The molecule has 0 radical (unpaired) electrons. The monoisotopic (exact) mass is 366 g/mol. The number of nitrogens with one attached hydrogen (secondary N) is 1. The number of sulfonamides is 1. The number of benzene rings is 2. The normalized spacial score (nSPS) is 10.7. The minimum Gasteiger partial charge on any atom is -0.381 e. The van der Waals surface area contributed by atoms with Gasteiger partial charge in [-0.25, -0.2) is 8.42 Å². The Morgan fingerprint density at radius 1 is 1.10 bits per heavy atom. The van der Waals surface area contributed by atoms with E-state index < -0.39 is 10.0 Å². The number of anilines is 1. The summed E-state index contributed by atoms with van der Waals surface area (Å²) in [5.41, 5.74) is 10.1. The van der Waals surface area contributed by atoms with Crippen LogP contribution in [0.3, 0.4) is 0 Å². The second-order valence-corrected chi connectivity index (χ2v) is 6.65. The standard InChI is InChI=1S/C13H11BrN4O2S/c14-11-3-1-10(2-4-11)9-16-12-5-7-13(8-6-12)21(19,20)18-17-15/h1-8,16H,9H2. The molecule has 0 aromatic heterocycles. The summed E-state index contributed by atoms with van der Waals surface area (Å²) in [5, 5.41) is 3.18. The maximum Gasteiger partial charge on any atom is 0.264 e. The van der Waals surface area contributed by atoms with Crippen LogP contribution in [0, 0.1) is 0 Å². The molecule has 2 aromatic carbocycles. The van der Waals surface area contributed by atoms with Crippen molar-refractivity contribution >= 4 is 31.6 Å². The van der Waals surface area contributed by atoms with E-state index in [0.29, 0.717) is 6.54 Å². The van der Waals surface area contributed by atoms with Gasteiger partial charge in [0.05, 0.1) is 4.90 Å². The molecule has 1 N–H and O–H groups in total. The lowest BCUT2D eigenvalue weighted by atomic mass is 10.2. The van der Waals surface area contributed by atoms with E-state index in [0.717, 1.165) is 15.7 Å². The van der Waals surface area contributed by atoms with Crippen LogP contribution in [0.15, 0.2) is 62.4 Å². The topological polar surface area (TPSA) is 94.9 Å². The van der Waals surface area contributed by atoms with Gasteiger partial charge in [-0.05, 0) is 47.5 Å². The third kappa shape index (κ3) is 4.22. The zero-order chi connectivity index (χ0) is 15.3. The first-order valence-corrected chi connectivity index (χ1v) is 8.14. The molecule has 108 valence electrons. The van der Waals surface area contributed by atoms with E-state index in [1.807, 2.05) is 24.3 Å². The molecule has 0 spiro atoms. The van der Waals surface area contributed by atoms with Crippen LogP contribution in [0.4, 0.5) is 5.69 Å². The number of halogens is 1. The first-order chi connectivity index (χ1) is 10.0. The predicted octanol–water partition coefficient (Wildman–Crippen LogP) is 4.06. The van der Waals surface area contributed by atoms with Gasteiger partial charge in [-0.2, -0.15) is 0 Å². The molecule has 2 rings (SSSR count). The lowest BCUT2D eigenvalue weighted by Crippen LogP contribution is -2.00. The molecule has 8 heteroatoms. The van der Waals surface area contributed by atoms with Gasteiger partial charge in [0.25, 0.3) is 10.0 Å². The van der Waals surface area contributed by atoms with E-state index in [1.54, 1.807) is 12.1 Å². The summed E-state index contributed by atoms with van der Waals surface area (Å²) in [6.45, 7) is 0.621. The molecule has 0 bridgehead atoms. The zero-order valence-corrected chi connectivity index (χ0v) is 13.2. The van der Waals surface area contributed by atoms with Crippen LogP contribution >= 0.6 is 15.9 Å². The van der Waals surface area contributed by atoms with Crippen molar-refractivity contribution in [2.75, 3.05) is 5.32 Å². The summed E-state index contributed by atoms with van der Waals surface area (Å²) in [6, 6.07) is 13.9. The fraction of sp³-hybridized carbons (Fsp3) is 0.0769. The molecule has 0 saturated carbocycles. The lowest BCUT2D eigenvalue weighted by molar-refractivity contribution is 0.597. The minimum absolute atomic E-state index is 0.0329. The van der Waals surface area contributed by atoms with Gasteiger partial charge in [0.1, 0.15) is 0 Å². The van der Waals surface area contributed by atoms with E-state index in [2.05, 4.69) is 30.7 Å². The van der Waals surface area contributed by atoms with E-state index in [4.69, 9.17) is 5.53 Å². The van der Waals surface area contributed by atoms with Crippen molar-refractivity contribution in [2.24, 2.45) is 4.52 Å². The van der Waals surface area contributed by atoms with Gasteiger partial charge in [0.15, 0.2) is 0 Å². The van der Waals surface area contributed by atoms with Gasteiger partial charge < -0.3 is 5.32 Å². The molecular formula is C13H11BrN4O2S. The number of hydrogen-bond donors (Lipinski definition) is 1. The van der Waals surface area contributed by atoms with Gasteiger partial charge in [-0.1, -0.05) is 28.1 Å². The SMILES string of the molecule is [N-]=[N+]=NS(=O)(=O)c1ccc(NCc2ccc(Br)cc2)cc1. The molecule has 0 unspecified atom stereocenters. The fourth-order valence-corrected chi connectivity index (χ4v) is 2.58. The highest BCUT2D eigenvalue weighted by molar-refractivity contribution is 9.10. The van der Waals surface area contributed by atoms with Crippen molar-refractivity contribution in [3.8, 4) is 0 Å². The molecule has 6 nitrogen and oxygen atoms in total. The molecule has 0 aliphatic rings. The Kier molecular flexibility index (Phi) is 4.85. The summed E-state index contributed by atoms with van der Waals surface area (Å²) in [7, 11) is -3.92. The van der Waals surface area contributed by atoms with Crippen LogP contribution in [-0.4, -0.2) is 8.42 Å². The second-order valence-electron chi connectivity index (χ2n) is 4.15. The summed E-state index contributed by atoms with van der Waals surface area (Å²) >= 11 is 3.37. The van der Waals surface area contributed by atoms with Crippen LogP contribution in [0.2, 0.25) is 0 Å². The fourth-order valence-electron chi connectivity index (χ4n) is 1.65. The van der Waals surface area contributed by atoms with Crippen molar-refractivity contribution in [3.63, 3.8) is 0 Å². The molecule has 0 aliphatic carbocycles. The lowest BCUT2D eigenvalue weighted by Gasteiger charge is -2.07. The van der Waals surface area contributed by atoms with E-state index >= 15 is 0 Å². The van der Waals surface area contributed by atoms with E-state index in [-0.39, 0.29) is 4.90 Å². The minimum atomic E-state index is -3.92. The molecule has 0 heterocycles. The van der Waals surface area contributed by atoms with Crippen LogP contribution in [0.25, 0.3) is 10.4 Å². The molecular weight excluding hydrogens is 356 g/mol. The summed E-state index contributed by atoms with van der Waals surface area (Å²) in [5.74, 6) is 0. The molecule has 0 amide bonds. The predicted molar refractivity (Wildman–Crippen MR) is 84.2 cm³/mol. The number of hydrogen-bond acceptors (Lipinski definition) is 3.